The first-order valence-corrected chi connectivity index (χ1v) is 6.71. The highest BCUT2D eigenvalue weighted by Gasteiger charge is 2.29. The number of nitrogens with zero attached hydrogens (tertiary/aromatic N) is 5. The van der Waals surface area contributed by atoms with Gasteiger partial charge in [-0.3, -0.25) is 4.90 Å². The fraction of sp³-hybridized carbons (Fsp3) is 0.538. The molecule has 0 N–H and O–H groups in total. The van der Waals surface area contributed by atoms with E-state index in [1.807, 2.05) is 6.20 Å². The molecule has 0 saturated heterocycles. The molecule has 19 heavy (non-hydrogen) atoms. The lowest BCUT2D eigenvalue weighted by molar-refractivity contribution is 0.207. The molecule has 1 aliphatic carbocycles. The maximum atomic E-state index is 5.32. The molecular formula is C13H15N5O. The molecule has 6 nitrogen and oxygen atoms in total. The standard InChI is InChI=1S/C13H15N5O/c1-2-9(1)13-16-12(19-17-13)7-18-4-3-10-5-14-8-15-11(10)6-18/h5,8-9H,1-4,6-7H2. The quantitative estimate of drug-likeness (QED) is 0.825. The number of hydrogen-bond donors (Lipinski definition) is 0. The third-order valence-electron chi connectivity index (χ3n) is 3.74. The van der Waals surface area contributed by atoms with E-state index < -0.39 is 0 Å². The van der Waals surface area contributed by atoms with Crippen LogP contribution < -0.4 is 0 Å². The van der Waals surface area contributed by atoms with Crippen LogP contribution in [0.2, 0.25) is 0 Å². The van der Waals surface area contributed by atoms with Crippen molar-refractivity contribution >= 4 is 0 Å². The second-order valence-electron chi connectivity index (χ2n) is 5.28. The molecule has 0 spiro atoms. The minimum absolute atomic E-state index is 0.548. The number of aromatic nitrogens is 4. The average molecular weight is 257 g/mol. The van der Waals surface area contributed by atoms with E-state index in [1.54, 1.807) is 6.33 Å². The van der Waals surface area contributed by atoms with Crippen molar-refractivity contribution in [1.82, 2.24) is 25.0 Å². The Morgan fingerprint density at radius 2 is 2.32 bits per heavy atom. The first kappa shape index (κ1) is 11.0. The minimum Gasteiger partial charge on any atom is -0.338 e. The summed E-state index contributed by atoms with van der Waals surface area (Å²) < 4.78 is 5.32. The monoisotopic (exact) mass is 257 g/mol. The summed E-state index contributed by atoms with van der Waals surface area (Å²) in [5.41, 5.74) is 2.37. The molecule has 98 valence electrons. The van der Waals surface area contributed by atoms with Crippen molar-refractivity contribution in [3.05, 3.63) is 35.5 Å². The Morgan fingerprint density at radius 1 is 1.37 bits per heavy atom. The van der Waals surface area contributed by atoms with Gasteiger partial charge in [0.15, 0.2) is 5.82 Å². The van der Waals surface area contributed by atoms with Gasteiger partial charge in [-0.05, 0) is 24.8 Å². The molecular weight excluding hydrogens is 242 g/mol. The predicted molar refractivity (Wildman–Crippen MR) is 66.1 cm³/mol. The second-order valence-corrected chi connectivity index (χ2v) is 5.28. The summed E-state index contributed by atoms with van der Waals surface area (Å²) in [4.78, 5) is 15.2. The van der Waals surface area contributed by atoms with Crippen LogP contribution in [0.25, 0.3) is 0 Å². The van der Waals surface area contributed by atoms with Crippen molar-refractivity contribution in [2.75, 3.05) is 6.54 Å². The molecule has 1 saturated carbocycles. The Balaban J connectivity index is 1.46. The predicted octanol–water partition coefficient (Wildman–Crippen LogP) is 1.30. The van der Waals surface area contributed by atoms with Crippen LogP contribution in [0.5, 0.6) is 0 Å². The summed E-state index contributed by atoms with van der Waals surface area (Å²) in [6.45, 7) is 2.53. The fourth-order valence-electron chi connectivity index (χ4n) is 2.47. The van der Waals surface area contributed by atoms with Crippen LogP contribution in [0.1, 0.15) is 41.7 Å². The highest BCUT2D eigenvalue weighted by atomic mass is 16.5. The smallest absolute Gasteiger partial charge is 0.240 e. The molecule has 0 aromatic carbocycles. The Labute approximate surface area is 110 Å². The van der Waals surface area contributed by atoms with Crippen molar-refractivity contribution in [2.45, 2.75) is 38.3 Å². The van der Waals surface area contributed by atoms with E-state index in [0.29, 0.717) is 12.5 Å². The van der Waals surface area contributed by atoms with Gasteiger partial charge in [0.2, 0.25) is 5.89 Å². The Kier molecular flexibility index (Phi) is 2.55. The van der Waals surface area contributed by atoms with E-state index in [2.05, 4.69) is 25.0 Å². The lowest BCUT2D eigenvalue weighted by Crippen LogP contribution is -2.31. The van der Waals surface area contributed by atoms with E-state index in [9.17, 15) is 0 Å². The molecule has 0 bridgehead atoms. The molecule has 2 aromatic heterocycles. The lowest BCUT2D eigenvalue weighted by atomic mass is 10.1. The number of hydrogen-bond acceptors (Lipinski definition) is 6. The SMILES string of the molecule is c1ncc2c(n1)CN(Cc1nc(C3CC3)no1)CC2. The van der Waals surface area contributed by atoms with E-state index in [0.717, 1.165) is 36.9 Å². The van der Waals surface area contributed by atoms with Crippen LogP contribution in [0.3, 0.4) is 0 Å². The summed E-state index contributed by atoms with van der Waals surface area (Å²) in [5.74, 6) is 2.15. The van der Waals surface area contributed by atoms with Gasteiger partial charge in [-0.15, -0.1) is 0 Å². The molecule has 1 aliphatic heterocycles. The zero-order valence-electron chi connectivity index (χ0n) is 10.6. The van der Waals surface area contributed by atoms with Crippen molar-refractivity contribution < 1.29 is 4.52 Å². The van der Waals surface area contributed by atoms with Crippen LogP contribution in [0, 0.1) is 0 Å². The molecule has 0 radical (unpaired) electrons. The molecule has 0 amide bonds. The average Bonchev–Trinajstić information content (AvgIpc) is 3.20. The van der Waals surface area contributed by atoms with Crippen molar-refractivity contribution in [2.24, 2.45) is 0 Å². The zero-order chi connectivity index (χ0) is 12.7. The lowest BCUT2D eigenvalue weighted by Gasteiger charge is -2.25. The van der Waals surface area contributed by atoms with Gasteiger partial charge >= 0.3 is 0 Å². The Morgan fingerprint density at radius 3 is 3.21 bits per heavy atom. The topological polar surface area (TPSA) is 67.9 Å². The maximum absolute atomic E-state index is 5.32. The summed E-state index contributed by atoms with van der Waals surface area (Å²) in [5, 5.41) is 4.05. The van der Waals surface area contributed by atoms with Crippen LogP contribution in [-0.4, -0.2) is 31.6 Å². The van der Waals surface area contributed by atoms with Crippen LogP contribution in [0.15, 0.2) is 17.0 Å². The van der Waals surface area contributed by atoms with Gasteiger partial charge in [0.1, 0.15) is 6.33 Å². The molecule has 2 aromatic rings. The Hall–Kier alpha value is -1.82. The second kappa shape index (κ2) is 4.38. The minimum atomic E-state index is 0.548. The highest BCUT2D eigenvalue weighted by Crippen LogP contribution is 2.38. The molecule has 1 fully saturated rings. The summed E-state index contributed by atoms with van der Waals surface area (Å²) in [6.07, 6.45) is 6.91. The normalized spacial score (nSPS) is 19.4. The molecule has 0 unspecified atom stereocenters. The van der Waals surface area contributed by atoms with E-state index >= 15 is 0 Å². The van der Waals surface area contributed by atoms with Gasteiger partial charge in [-0.1, -0.05) is 5.16 Å². The van der Waals surface area contributed by atoms with Gasteiger partial charge in [-0.2, -0.15) is 4.98 Å². The van der Waals surface area contributed by atoms with Gasteiger partial charge in [0, 0.05) is 25.2 Å². The van der Waals surface area contributed by atoms with Gasteiger partial charge in [0.25, 0.3) is 0 Å². The van der Waals surface area contributed by atoms with E-state index in [4.69, 9.17) is 4.52 Å². The molecule has 6 heteroatoms. The van der Waals surface area contributed by atoms with Crippen molar-refractivity contribution in [3.8, 4) is 0 Å². The fourth-order valence-corrected chi connectivity index (χ4v) is 2.47. The molecule has 2 aliphatic rings. The largest absolute Gasteiger partial charge is 0.338 e. The first-order valence-electron chi connectivity index (χ1n) is 6.71. The van der Waals surface area contributed by atoms with Gasteiger partial charge < -0.3 is 4.52 Å². The molecule has 0 atom stereocenters. The summed E-state index contributed by atoms with van der Waals surface area (Å²) in [6, 6.07) is 0. The molecule has 3 heterocycles. The summed E-state index contributed by atoms with van der Waals surface area (Å²) in [7, 11) is 0. The van der Waals surface area contributed by atoms with Crippen molar-refractivity contribution in [3.63, 3.8) is 0 Å². The highest BCUT2D eigenvalue weighted by molar-refractivity contribution is 5.18. The first-order chi connectivity index (χ1) is 9.38. The zero-order valence-corrected chi connectivity index (χ0v) is 10.6. The summed E-state index contributed by atoms with van der Waals surface area (Å²) >= 11 is 0. The van der Waals surface area contributed by atoms with Gasteiger partial charge in [0.05, 0.1) is 12.2 Å². The Bertz CT molecular complexity index is 592. The number of fused-ring (bicyclic) bond motifs is 1. The van der Waals surface area contributed by atoms with Crippen molar-refractivity contribution in [1.29, 1.82) is 0 Å². The van der Waals surface area contributed by atoms with Gasteiger partial charge in [-0.25, -0.2) is 9.97 Å². The van der Waals surface area contributed by atoms with Crippen LogP contribution in [0.4, 0.5) is 0 Å². The third kappa shape index (κ3) is 2.23. The molecule has 4 rings (SSSR count). The van der Waals surface area contributed by atoms with Crippen LogP contribution in [-0.2, 0) is 19.5 Å². The van der Waals surface area contributed by atoms with E-state index in [1.165, 1.54) is 18.4 Å². The van der Waals surface area contributed by atoms with Crippen LogP contribution >= 0.6 is 0 Å². The van der Waals surface area contributed by atoms with E-state index in [-0.39, 0.29) is 0 Å². The number of rotatable bonds is 3. The maximum Gasteiger partial charge on any atom is 0.240 e. The third-order valence-corrected chi connectivity index (χ3v) is 3.74.